The van der Waals surface area contributed by atoms with Gasteiger partial charge in [0, 0.05) is 28.2 Å². The summed E-state index contributed by atoms with van der Waals surface area (Å²) in [6.07, 6.45) is 0.521. The van der Waals surface area contributed by atoms with Crippen molar-refractivity contribution in [1.29, 1.82) is 0 Å². The molecule has 0 radical (unpaired) electrons. The third-order valence-electron chi connectivity index (χ3n) is 3.08. The number of para-hydroxylation sites is 1. The number of nitro benzene ring substituents is 1. The fourth-order valence-corrected chi connectivity index (χ4v) is 2.43. The molecule has 0 unspecified atom stereocenters. The second-order valence-electron chi connectivity index (χ2n) is 4.55. The van der Waals surface area contributed by atoms with Crippen LogP contribution < -0.4 is 5.32 Å². The molecule has 0 aliphatic carbocycles. The van der Waals surface area contributed by atoms with E-state index in [1.54, 1.807) is 30.3 Å². The molecule has 2 rings (SSSR count). The molecule has 1 N–H and O–H groups in total. The lowest BCUT2D eigenvalue weighted by Gasteiger charge is -2.07. The van der Waals surface area contributed by atoms with E-state index in [1.807, 2.05) is 0 Å². The van der Waals surface area contributed by atoms with Crippen LogP contribution in [-0.4, -0.2) is 11.5 Å². The zero-order valence-electron chi connectivity index (χ0n) is 11.2. The standard InChI is InChI=1S/C15H14BrFN2O2/c16-13-5-6-14(17)12(9-13)10-18-8-7-11-3-1-2-4-15(11)19(20)21/h1-6,9,18H,7-8,10H2. The van der Waals surface area contributed by atoms with Crippen LogP contribution in [0, 0.1) is 15.9 Å². The second-order valence-corrected chi connectivity index (χ2v) is 5.46. The number of nitrogens with zero attached hydrogens (tertiary/aromatic N) is 1. The molecule has 6 heteroatoms. The highest BCUT2D eigenvalue weighted by Gasteiger charge is 2.11. The zero-order valence-corrected chi connectivity index (χ0v) is 12.8. The lowest BCUT2D eigenvalue weighted by Crippen LogP contribution is -2.18. The minimum Gasteiger partial charge on any atom is -0.312 e. The smallest absolute Gasteiger partial charge is 0.272 e. The first kappa shape index (κ1) is 15.6. The summed E-state index contributed by atoms with van der Waals surface area (Å²) in [5, 5.41) is 14.0. The summed E-state index contributed by atoms with van der Waals surface area (Å²) in [5.74, 6) is -0.267. The molecular weight excluding hydrogens is 339 g/mol. The van der Waals surface area contributed by atoms with Crippen molar-refractivity contribution in [3.63, 3.8) is 0 Å². The quantitative estimate of drug-likeness (QED) is 0.488. The largest absolute Gasteiger partial charge is 0.312 e. The molecule has 0 bridgehead atoms. The Kier molecular flexibility index (Phi) is 5.41. The molecule has 0 aromatic heterocycles. The Morgan fingerprint density at radius 2 is 1.95 bits per heavy atom. The Morgan fingerprint density at radius 1 is 1.19 bits per heavy atom. The number of hydrogen-bond donors (Lipinski definition) is 1. The highest BCUT2D eigenvalue weighted by Crippen LogP contribution is 2.18. The first-order valence-electron chi connectivity index (χ1n) is 6.45. The van der Waals surface area contributed by atoms with E-state index in [0.29, 0.717) is 30.6 Å². The summed E-state index contributed by atoms with van der Waals surface area (Å²) in [7, 11) is 0. The first-order valence-corrected chi connectivity index (χ1v) is 7.24. The van der Waals surface area contributed by atoms with Crippen LogP contribution >= 0.6 is 15.9 Å². The van der Waals surface area contributed by atoms with E-state index in [9.17, 15) is 14.5 Å². The number of nitrogens with one attached hydrogen (secondary N) is 1. The second kappa shape index (κ2) is 7.28. The Balaban J connectivity index is 1.91. The number of halogens is 2. The molecule has 0 saturated heterocycles. The maximum absolute atomic E-state index is 13.5. The molecule has 4 nitrogen and oxygen atoms in total. The molecule has 21 heavy (non-hydrogen) atoms. The summed E-state index contributed by atoms with van der Waals surface area (Å²) in [5.41, 5.74) is 1.35. The van der Waals surface area contributed by atoms with Gasteiger partial charge >= 0.3 is 0 Å². The van der Waals surface area contributed by atoms with Crippen LogP contribution in [0.25, 0.3) is 0 Å². The molecule has 0 aliphatic rings. The van der Waals surface area contributed by atoms with Crippen molar-refractivity contribution in [3.8, 4) is 0 Å². The molecule has 2 aromatic carbocycles. The number of nitro groups is 1. The van der Waals surface area contributed by atoms with E-state index in [0.717, 1.165) is 4.47 Å². The normalized spacial score (nSPS) is 10.6. The van der Waals surface area contributed by atoms with Gasteiger partial charge in [-0.15, -0.1) is 0 Å². The maximum atomic E-state index is 13.5. The van der Waals surface area contributed by atoms with Gasteiger partial charge in [-0.25, -0.2) is 4.39 Å². The molecule has 0 fully saturated rings. The van der Waals surface area contributed by atoms with Gasteiger partial charge in [0.25, 0.3) is 5.69 Å². The van der Waals surface area contributed by atoms with Gasteiger partial charge in [0.05, 0.1) is 4.92 Å². The van der Waals surface area contributed by atoms with E-state index in [2.05, 4.69) is 21.2 Å². The van der Waals surface area contributed by atoms with Crippen LogP contribution in [0.1, 0.15) is 11.1 Å². The van der Waals surface area contributed by atoms with Gasteiger partial charge in [0.15, 0.2) is 0 Å². The van der Waals surface area contributed by atoms with Gasteiger partial charge in [0.1, 0.15) is 5.82 Å². The van der Waals surface area contributed by atoms with E-state index in [1.165, 1.54) is 12.1 Å². The fourth-order valence-electron chi connectivity index (χ4n) is 2.03. The van der Waals surface area contributed by atoms with Crippen molar-refractivity contribution in [2.45, 2.75) is 13.0 Å². The monoisotopic (exact) mass is 352 g/mol. The van der Waals surface area contributed by atoms with Crippen molar-refractivity contribution in [2.75, 3.05) is 6.54 Å². The van der Waals surface area contributed by atoms with Gasteiger partial charge < -0.3 is 5.32 Å². The highest BCUT2D eigenvalue weighted by atomic mass is 79.9. The highest BCUT2D eigenvalue weighted by molar-refractivity contribution is 9.10. The zero-order chi connectivity index (χ0) is 15.2. The lowest BCUT2D eigenvalue weighted by atomic mass is 10.1. The minimum absolute atomic E-state index is 0.118. The predicted octanol–water partition coefficient (Wildman–Crippen LogP) is 3.83. The Morgan fingerprint density at radius 3 is 2.71 bits per heavy atom. The summed E-state index contributed by atoms with van der Waals surface area (Å²) < 4.78 is 14.4. The van der Waals surface area contributed by atoms with Crippen molar-refractivity contribution < 1.29 is 9.31 Å². The Bertz CT molecular complexity index is 649. The maximum Gasteiger partial charge on any atom is 0.272 e. The summed E-state index contributed by atoms with van der Waals surface area (Å²) in [4.78, 5) is 10.5. The SMILES string of the molecule is O=[N+]([O-])c1ccccc1CCNCc1cc(Br)ccc1F. The van der Waals surface area contributed by atoms with E-state index < -0.39 is 0 Å². The van der Waals surface area contributed by atoms with Crippen molar-refractivity contribution in [2.24, 2.45) is 0 Å². The van der Waals surface area contributed by atoms with E-state index in [-0.39, 0.29) is 16.4 Å². The summed E-state index contributed by atoms with van der Waals surface area (Å²) >= 11 is 3.30. The number of rotatable bonds is 6. The average Bonchev–Trinajstić information content (AvgIpc) is 2.47. The molecule has 0 heterocycles. The molecule has 0 saturated carbocycles. The van der Waals surface area contributed by atoms with Gasteiger partial charge in [-0.1, -0.05) is 34.1 Å². The van der Waals surface area contributed by atoms with Crippen LogP contribution in [0.5, 0.6) is 0 Å². The van der Waals surface area contributed by atoms with Crippen LogP contribution in [0.4, 0.5) is 10.1 Å². The Hall–Kier alpha value is -1.79. The van der Waals surface area contributed by atoms with E-state index >= 15 is 0 Å². The lowest BCUT2D eigenvalue weighted by molar-refractivity contribution is -0.385. The first-order chi connectivity index (χ1) is 10.1. The topological polar surface area (TPSA) is 55.2 Å². The van der Waals surface area contributed by atoms with Crippen LogP contribution in [0.15, 0.2) is 46.9 Å². The van der Waals surface area contributed by atoms with E-state index in [4.69, 9.17) is 0 Å². The van der Waals surface area contributed by atoms with Crippen molar-refractivity contribution in [1.82, 2.24) is 5.32 Å². The van der Waals surface area contributed by atoms with Gasteiger partial charge in [-0.2, -0.15) is 0 Å². The molecule has 0 atom stereocenters. The molecule has 0 aliphatic heterocycles. The fraction of sp³-hybridized carbons (Fsp3) is 0.200. The number of benzene rings is 2. The van der Waals surface area contributed by atoms with Crippen LogP contribution in [0.3, 0.4) is 0 Å². The number of hydrogen-bond acceptors (Lipinski definition) is 3. The third kappa shape index (κ3) is 4.34. The molecule has 2 aromatic rings. The summed E-state index contributed by atoms with van der Waals surface area (Å²) in [6.45, 7) is 0.919. The molecule has 0 amide bonds. The van der Waals surface area contributed by atoms with Crippen molar-refractivity contribution >= 4 is 21.6 Å². The summed E-state index contributed by atoms with van der Waals surface area (Å²) in [6, 6.07) is 11.4. The van der Waals surface area contributed by atoms with Crippen LogP contribution in [0.2, 0.25) is 0 Å². The van der Waals surface area contributed by atoms with Crippen LogP contribution in [-0.2, 0) is 13.0 Å². The van der Waals surface area contributed by atoms with Gasteiger partial charge in [0.2, 0.25) is 0 Å². The van der Waals surface area contributed by atoms with Gasteiger partial charge in [-0.3, -0.25) is 10.1 Å². The molecular formula is C15H14BrFN2O2. The molecule has 0 spiro atoms. The molecule has 110 valence electrons. The minimum atomic E-state index is -0.386. The Labute approximate surface area is 130 Å². The predicted molar refractivity (Wildman–Crippen MR) is 82.6 cm³/mol. The third-order valence-corrected chi connectivity index (χ3v) is 3.58. The average molecular weight is 353 g/mol. The van der Waals surface area contributed by atoms with Crippen molar-refractivity contribution in [3.05, 3.63) is 74.0 Å². The van der Waals surface area contributed by atoms with Gasteiger partial charge in [-0.05, 0) is 31.2 Å².